The molecule has 2 rings (SSSR count). The molecule has 0 aromatic carbocycles. The van der Waals surface area contributed by atoms with Gasteiger partial charge >= 0.3 is 0 Å². The summed E-state index contributed by atoms with van der Waals surface area (Å²) in [5.41, 5.74) is 0.411. The Morgan fingerprint density at radius 1 is 1.33 bits per heavy atom. The molecule has 21 heavy (non-hydrogen) atoms. The van der Waals surface area contributed by atoms with E-state index < -0.39 is 10.0 Å². The molecule has 0 bridgehead atoms. The van der Waals surface area contributed by atoms with Gasteiger partial charge in [-0.2, -0.15) is 0 Å². The summed E-state index contributed by atoms with van der Waals surface area (Å²) in [4.78, 5) is 4.19. The number of anilines is 2. The highest BCUT2D eigenvalue weighted by atomic mass is 35.5. The van der Waals surface area contributed by atoms with Crippen LogP contribution in [-0.2, 0) is 10.0 Å². The first-order valence-corrected chi connectivity index (χ1v) is 9.09. The highest BCUT2D eigenvalue weighted by Crippen LogP contribution is 2.27. The molecule has 1 atom stereocenters. The molecule has 1 unspecified atom stereocenters. The zero-order valence-electron chi connectivity index (χ0n) is 11.6. The molecule has 0 radical (unpaired) electrons. The van der Waals surface area contributed by atoms with Crippen molar-refractivity contribution in [3.63, 3.8) is 0 Å². The smallest absolute Gasteiger partial charge is 0.271 e. The van der Waals surface area contributed by atoms with Crippen molar-refractivity contribution in [1.82, 2.24) is 4.98 Å². The number of halogens is 1. The number of rotatable bonds is 6. The molecule has 0 saturated heterocycles. The molecular formula is C13H16ClN3O2S2. The fourth-order valence-electron chi connectivity index (χ4n) is 1.54. The van der Waals surface area contributed by atoms with Crippen molar-refractivity contribution in [2.75, 3.05) is 10.0 Å². The zero-order valence-corrected chi connectivity index (χ0v) is 14.0. The second-order valence-corrected chi connectivity index (χ2v) is 8.17. The number of hydrogen-bond donors (Lipinski definition) is 2. The SMILES string of the molecule is CCC(C)Nc1ccc(NS(=O)(=O)c2ccc(Cl)s2)cn1. The van der Waals surface area contributed by atoms with Crippen molar-refractivity contribution in [2.24, 2.45) is 0 Å². The van der Waals surface area contributed by atoms with Gasteiger partial charge in [-0.05, 0) is 37.6 Å². The van der Waals surface area contributed by atoms with E-state index in [0.29, 0.717) is 21.9 Å². The summed E-state index contributed by atoms with van der Waals surface area (Å²) in [5, 5.41) is 3.21. The number of hydrogen-bond acceptors (Lipinski definition) is 5. The lowest BCUT2D eigenvalue weighted by atomic mass is 10.2. The topological polar surface area (TPSA) is 71.1 Å². The Kier molecular flexibility index (Phi) is 5.08. The van der Waals surface area contributed by atoms with Crippen molar-refractivity contribution in [3.05, 3.63) is 34.8 Å². The minimum absolute atomic E-state index is 0.175. The molecular weight excluding hydrogens is 330 g/mol. The van der Waals surface area contributed by atoms with Crippen LogP contribution >= 0.6 is 22.9 Å². The molecule has 0 aliphatic heterocycles. The number of nitrogens with zero attached hydrogens (tertiary/aromatic N) is 1. The predicted molar refractivity (Wildman–Crippen MR) is 87.8 cm³/mol. The molecule has 2 aromatic heterocycles. The van der Waals surface area contributed by atoms with Gasteiger partial charge in [0.15, 0.2) is 0 Å². The average Bonchev–Trinajstić information content (AvgIpc) is 2.88. The van der Waals surface area contributed by atoms with Gasteiger partial charge in [-0.25, -0.2) is 13.4 Å². The van der Waals surface area contributed by atoms with Gasteiger partial charge in [-0.15, -0.1) is 11.3 Å². The first-order valence-electron chi connectivity index (χ1n) is 6.41. The Balaban J connectivity index is 2.09. The summed E-state index contributed by atoms with van der Waals surface area (Å²) in [6, 6.07) is 6.75. The Morgan fingerprint density at radius 2 is 2.10 bits per heavy atom. The van der Waals surface area contributed by atoms with Gasteiger partial charge in [-0.1, -0.05) is 18.5 Å². The molecule has 0 saturated carbocycles. The molecule has 114 valence electrons. The van der Waals surface area contributed by atoms with Crippen LogP contribution in [0.25, 0.3) is 0 Å². The largest absolute Gasteiger partial charge is 0.368 e. The van der Waals surface area contributed by atoms with Crippen molar-refractivity contribution in [3.8, 4) is 0 Å². The van der Waals surface area contributed by atoms with Gasteiger partial charge < -0.3 is 5.32 Å². The van der Waals surface area contributed by atoms with E-state index >= 15 is 0 Å². The van der Waals surface area contributed by atoms with E-state index in [1.165, 1.54) is 12.3 Å². The van der Waals surface area contributed by atoms with Crippen LogP contribution in [-0.4, -0.2) is 19.4 Å². The summed E-state index contributed by atoms with van der Waals surface area (Å²) in [6.07, 6.45) is 2.46. The molecule has 0 aliphatic rings. The third-order valence-corrected chi connectivity index (χ3v) is 5.94. The minimum Gasteiger partial charge on any atom is -0.368 e. The molecule has 0 spiro atoms. The van der Waals surface area contributed by atoms with Crippen LogP contribution in [0, 0.1) is 0 Å². The van der Waals surface area contributed by atoms with Gasteiger partial charge in [0.2, 0.25) is 0 Å². The van der Waals surface area contributed by atoms with Crippen LogP contribution in [0.1, 0.15) is 20.3 Å². The van der Waals surface area contributed by atoms with E-state index in [2.05, 4.69) is 28.9 Å². The van der Waals surface area contributed by atoms with Crippen LogP contribution in [0.5, 0.6) is 0 Å². The number of nitrogens with one attached hydrogen (secondary N) is 2. The second-order valence-electron chi connectivity index (χ2n) is 4.55. The summed E-state index contributed by atoms with van der Waals surface area (Å²) >= 11 is 6.77. The maximum atomic E-state index is 12.1. The van der Waals surface area contributed by atoms with Crippen LogP contribution in [0.2, 0.25) is 4.34 Å². The van der Waals surface area contributed by atoms with Gasteiger partial charge in [-0.3, -0.25) is 4.72 Å². The molecule has 2 N–H and O–H groups in total. The molecule has 2 heterocycles. The summed E-state index contributed by atoms with van der Waals surface area (Å²) in [7, 11) is -3.61. The van der Waals surface area contributed by atoms with Gasteiger partial charge in [0, 0.05) is 6.04 Å². The van der Waals surface area contributed by atoms with Crippen LogP contribution < -0.4 is 10.0 Å². The fourth-order valence-corrected chi connectivity index (χ4v) is 4.07. The average molecular weight is 346 g/mol. The molecule has 0 amide bonds. The van der Waals surface area contributed by atoms with Crippen LogP contribution in [0.15, 0.2) is 34.7 Å². The van der Waals surface area contributed by atoms with E-state index in [9.17, 15) is 8.42 Å². The number of thiophene rings is 1. The van der Waals surface area contributed by atoms with Crippen LogP contribution in [0.4, 0.5) is 11.5 Å². The van der Waals surface area contributed by atoms with Gasteiger partial charge in [0.05, 0.1) is 16.2 Å². The van der Waals surface area contributed by atoms with E-state index in [1.807, 2.05) is 0 Å². The highest BCUT2D eigenvalue weighted by Gasteiger charge is 2.16. The molecule has 2 aromatic rings. The maximum absolute atomic E-state index is 12.1. The summed E-state index contributed by atoms with van der Waals surface area (Å²) in [6.45, 7) is 4.13. The first kappa shape index (κ1) is 16.1. The fraction of sp³-hybridized carbons (Fsp3) is 0.308. The predicted octanol–water partition coefficient (Wildman–Crippen LogP) is 3.81. The van der Waals surface area contributed by atoms with E-state index in [4.69, 9.17) is 11.6 Å². The number of pyridine rings is 1. The quantitative estimate of drug-likeness (QED) is 0.835. The summed E-state index contributed by atoms with van der Waals surface area (Å²) in [5.74, 6) is 0.714. The Morgan fingerprint density at radius 3 is 2.62 bits per heavy atom. The third kappa shape index (κ3) is 4.33. The highest BCUT2D eigenvalue weighted by molar-refractivity contribution is 7.94. The third-order valence-electron chi connectivity index (χ3n) is 2.84. The monoisotopic (exact) mass is 345 g/mol. The zero-order chi connectivity index (χ0) is 15.5. The molecule has 0 fully saturated rings. The van der Waals surface area contributed by atoms with Gasteiger partial charge in [0.25, 0.3) is 10.0 Å². The lowest BCUT2D eigenvalue weighted by Crippen LogP contribution is -2.15. The van der Waals surface area contributed by atoms with E-state index in [0.717, 1.165) is 17.8 Å². The Bertz CT molecular complexity index is 698. The minimum atomic E-state index is -3.61. The molecule has 0 aliphatic carbocycles. The van der Waals surface area contributed by atoms with Gasteiger partial charge in [0.1, 0.15) is 10.0 Å². The van der Waals surface area contributed by atoms with Crippen molar-refractivity contribution in [2.45, 2.75) is 30.5 Å². The van der Waals surface area contributed by atoms with Crippen LogP contribution in [0.3, 0.4) is 0 Å². The van der Waals surface area contributed by atoms with E-state index in [1.54, 1.807) is 18.2 Å². The molecule has 5 nitrogen and oxygen atoms in total. The second kappa shape index (κ2) is 6.64. The van der Waals surface area contributed by atoms with Crippen molar-refractivity contribution >= 4 is 44.5 Å². The van der Waals surface area contributed by atoms with Crippen molar-refractivity contribution < 1.29 is 8.42 Å². The van der Waals surface area contributed by atoms with E-state index in [-0.39, 0.29) is 4.21 Å². The number of aromatic nitrogens is 1. The number of sulfonamides is 1. The van der Waals surface area contributed by atoms with Crippen molar-refractivity contribution in [1.29, 1.82) is 0 Å². The standard InChI is InChI=1S/C13H16ClN3O2S2/c1-3-9(2)16-12-6-4-10(8-15-12)17-21(18,19)13-7-5-11(14)20-13/h4-9,17H,3H2,1-2H3,(H,15,16). The lowest BCUT2D eigenvalue weighted by molar-refractivity contribution is 0.603. The lowest BCUT2D eigenvalue weighted by Gasteiger charge is -2.12. The maximum Gasteiger partial charge on any atom is 0.271 e. The summed E-state index contributed by atoms with van der Waals surface area (Å²) < 4.78 is 27.3. The first-order chi connectivity index (χ1) is 9.90. The normalized spacial score (nSPS) is 12.9. The Labute approximate surface area is 133 Å². The Hall–Kier alpha value is -1.31. The molecule has 8 heteroatoms.